The Hall–Kier alpha value is -1.85. The van der Waals surface area contributed by atoms with Gasteiger partial charge < -0.3 is 14.4 Å². The fourth-order valence-electron chi connectivity index (χ4n) is 2.79. The molecule has 1 fully saturated rings. The molecular weight excluding hydrogens is 346 g/mol. The zero-order valence-electron chi connectivity index (χ0n) is 13.5. The predicted molar refractivity (Wildman–Crippen MR) is 96.7 cm³/mol. The minimum Gasteiger partial charge on any atom is -0.493 e. The number of methoxy groups -OCH3 is 2. The minimum atomic E-state index is -0.0225. The lowest BCUT2D eigenvalue weighted by molar-refractivity contribution is -0.128. The van der Waals surface area contributed by atoms with Crippen molar-refractivity contribution in [3.63, 3.8) is 0 Å². The van der Waals surface area contributed by atoms with Gasteiger partial charge in [0.2, 0.25) is 5.91 Å². The standard InChI is InChI=1S/C18H18ClNO3S/c1-22-15-5-3-4-13(17(15)23-2)10-20-16(21)11-24-18(20)12-6-8-14(19)9-7-12/h3-9,18H,10-11H2,1-2H3. The van der Waals surface area contributed by atoms with Crippen molar-refractivity contribution in [1.82, 2.24) is 4.90 Å². The van der Waals surface area contributed by atoms with Crippen molar-refractivity contribution >= 4 is 29.3 Å². The maximum Gasteiger partial charge on any atom is 0.234 e. The Balaban J connectivity index is 1.90. The molecule has 1 unspecified atom stereocenters. The molecule has 1 aliphatic rings. The molecule has 0 spiro atoms. The molecule has 0 saturated carbocycles. The number of hydrogen-bond acceptors (Lipinski definition) is 4. The topological polar surface area (TPSA) is 38.8 Å². The summed E-state index contributed by atoms with van der Waals surface area (Å²) in [6.45, 7) is 0.472. The van der Waals surface area contributed by atoms with E-state index in [2.05, 4.69) is 0 Å². The number of nitrogens with zero attached hydrogens (tertiary/aromatic N) is 1. The van der Waals surface area contributed by atoms with Crippen LogP contribution in [0, 0.1) is 0 Å². The van der Waals surface area contributed by atoms with E-state index in [-0.39, 0.29) is 11.3 Å². The third kappa shape index (κ3) is 3.32. The van der Waals surface area contributed by atoms with E-state index < -0.39 is 0 Å². The Bertz CT molecular complexity index is 736. The first-order chi connectivity index (χ1) is 11.6. The summed E-state index contributed by atoms with van der Waals surface area (Å²) in [5.41, 5.74) is 1.99. The quantitative estimate of drug-likeness (QED) is 0.800. The maximum absolute atomic E-state index is 12.4. The third-order valence-electron chi connectivity index (χ3n) is 3.95. The lowest BCUT2D eigenvalue weighted by Crippen LogP contribution is -2.27. The molecule has 24 heavy (non-hydrogen) atoms. The fraction of sp³-hybridized carbons (Fsp3) is 0.278. The van der Waals surface area contributed by atoms with Gasteiger partial charge in [-0.2, -0.15) is 0 Å². The second kappa shape index (κ2) is 7.36. The number of rotatable bonds is 5. The van der Waals surface area contributed by atoms with Gasteiger partial charge in [0.1, 0.15) is 5.37 Å². The molecule has 0 aliphatic carbocycles. The summed E-state index contributed by atoms with van der Waals surface area (Å²) < 4.78 is 10.8. The molecule has 1 aliphatic heterocycles. The molecule has 2 aromatic carbocycles. The van der Waals surface area contributed by atoms with Crippen LogP contribution in [0.2, 0.25) is 5.02 Å². The molecular formula is C18H18ClNO3S. The second-order valence-corrected chi connectivity index (χ2v) is 6.89. The van der Waals surface area contributed by atoms with E-state index in [0.29, 0.717) is 28.8 Å². The van der Waals surface area contributed by atoms with E-state index >= 15 is 0 Å². The molecule has 0 aromatic heterocycles. The van der Waals surface area contributed by atoms with Crippen LogP contribution in [0.25, 0.3) is 0 Å². The van der Waals surface area contributed by atoms with Crippen molar-refractivity contribution < 1.29 is 14.3 Å². The molecule has 1 amide bonds. The second-order valence-electron chi connectivity index (χ2n) is 5.39. The highest BCUT2D eigenvalue weighted by Crippen LogP contribution is 2.41. The maximum atomic E-state index is 12.4. The first-order valence-corrected chi connectivity index (χ1v) is 8.93. The number of ether oxygens (including phenoxy) is 2. The number of benzene rings is 2. The Kier molecular flexibility index (Phi) is 5.21. The van der Waals surface area contributed by atoms with Crippen molar-refractivity contribution in [3.8, 4) is 11.5 Å². The zero-order valence-corrected chi connectivity index (χ0v) is 15.1. The van der Waals surface area contributed by atoms with Crippen molar-refractivity contribution in [2.75, 3.05) is 20.0 Å². The van der Waals surface area contributed by atoms with E-state index in [1.54, 1.807) is 26.0 Å². The number of hydrogen-bond donors (Lipinski definition) is 0. The van der Waals surface area contributed by atoms with Gasteiger partial charge in [0, 0.05) is 10.6 Å². The minimum absolute atomic E-state index is 0.0225. The summed E-state index contributed by atoms with van der Waals surface area (Å²) in [6.07, 6.45) is 0. The molecule has 2 aromatic rings. The smallest absolute Gasteiger partial charge is 0.234 e. The molecule has 1 saturated heterocycles. The van der Waals surface area contributed by atoms with Gasteiger partial charge in [0.25, 0.3) is 0 Å². The lowest BCUT2D eigenvalue weighted by Gasteiger charge is -2.25. The highest BCUT2D eigenvalue weighted by atomic mass is 35.5. The van der Waals surface area contributed by atoms with Crippen molar-refractivity contribution in [1.29, 1.82) is 0 Å². The van der Waals surface area contributed by atoms with Crippen molar-refractivity contribution in [2.24, 2.45) is 0 Å². The average Bonchev–Trinajstić information content (AvgIpc) is 2.96. The van der Waals surface area contributed by atoms with Crippen molar-refractivity contribution in [2.45, 2.75) is 11.9 Å². The van der Waals surface area contributed by atoms with Gasteiger partial charge in [-0.3, -0.25) is 4.79 Å². The van der Waals surface area contributed by atoms with Crippen LogP contribution in [0.4, 0.5) is 0 Å². The van der Waals surface area contributed by atoms with E-state index in [9.17, 15) is 4.79 Å². The lowest BCUT2D eigenvalue weighted by atomic mass is 10.1. The SMILES string of the molecule is COc1cccc(CN2C(=O)CSC2c2ccc(Cl)cc2)c1OC. The van der Waals surface area contributed by atoms with Crippen LogP contribution in [0.1, 0.15) is 16.5 Å². The summed E-state index contributed by atoms with van der Waals surface area (Å²) >= 11 is 7.59. The largest absolute Gasteiger partial charge is 0.493 e. The summed E-state index contributed by atoms with van der Waals surface area (Å²) in [4.78, 5) is 14.3. The van der Waals surface area contributed by atoms with Crippen LogP contribution in [-0.4, -0.2) is 30.8 Å². The summed E-state index contributed by atoms with van der Waals surface area (Å²) in [7, 11) is 3.22. The van der Waals surface area contributed by atoms with Gasteiger partial charge in [0.05, 0.1) is 26.5 Å². The van der Waals surface area contributed by atoms with E-state index in [4.69, 9.17) is 21.1 Å². The Morgan fingerprint density at radius 3 is 2.58 bits per heavy atom. The Morgan fingerprint density at radius 2 is 1.92 bits per heavy atom. The van der Waals surface area contributed by atoms with Crippen LogP contribution >= 0.6 is 23.4 Å². The molecule has 4 nitrogen and oxygen atoms in total. The number of halogens is 1. The molecule has 0 radical (unpaired) electrons. The Labute approximate surface area is 150 Å². The summed E-state index contributed by atoms with van der Waals surface area (Å²) in [5.74, 6) is 1.92. The molecule has 126 valence electrons. The number of thioether (sulfide) groups is 1. The van der Waals surface area contributed by atoms with Gasteiger partial charge in [-0.1, -0.05) is 35.9 Å². The first kappa shape index (κ1) is 17.0. The number of carbonyl (C=O) groups is 1. The van der Waals surface area contributed by atoms with Gasteiger partial charge in [0.15, 0.2) is 11.5 Å². The van der Waals surface area contributed by atoms with Crippen LogP contribution in [-0.2, 0) is 11.3 Å². The monoisotopic (exact) mass is 363 g/mol. The first-order valence-electron chi connectivity index (χ1n) is 7.50. The van der Waals surface area contributed by atoms with Gasteiger partial charge in [-0.25, -0.2) is 0 Å². The van der Waals surface area contributed by atoms with Gasteiger partial charge in [-0.05, 0) is 23.8 Å². The predicted octanol–water partition coefficient (Wildman–Crippen LogP) is 4.13. The zero-order chi connectivity index (χ0) is 17.1. The summed E-state index contributed by atoms with van der Waals surface area (Å²) in [5, 5.41) is 0.666. The van der Waals surface area contributed by atoms with Gasteiger partial charge in [-0.15, -0.1) is 11.8 Å². The summed E-state index contributed by atoms with van der Waals surface area (Å²) in [6, 6.07) is 13.3. The molecule has 0 bridgehead atoms. The van der Waals surface area contributed by atoms with E-state index in [0.717, 1.165) is 11.1 Å². The highest BCUT2D eigenvalue weighted by molar-refractivity contribution is 8.00. The van der Waals surface area contributed by atoms with Crippen LogP contribution < -0.4 is 9.47 Å². The van der Waals surface area contributed by atoms with Crippen LogP contribution in [0.3, 0.4) is 0 Å². The normalized spacial score (nSPS) is 17.2. The Morgan fingerprint density at radius 1 is 1.17 bits per heavy atom. The molecule has 0 N–H and O–H groups in total. The van der Waals surface area contributed by atoms with Crippen LogP contribution in [0.5, 0.6) is 11.5 Å². The molecule has 6 heteroatoms. The average molecular weight is 364 g/mol. The molecule has 3 rings (SSSR count). The number of para-hydroxylation sites is 1. The van der Waals surface area contributed by atoms with E-state index in [1.165, 1.54) is 0 Å². The fourth-order valence-corrected chi connectivity index (χ4v) is 4.10. The number of carbonyl (C=O) groups excluding carboxylic acids is 1. The van der Waals surface area contributed by atoms with Crippen molar-refractivity contribution in [3.05, 3.63) is 58.6 Å². The van der Waals surface area contributed by atoms with Crippen LogP contribution in [0.15, 0.2) is 42.5 Å². The highest BCUT2D eigenvalue weighted by Gasteiger charge is 2.33. The van der Waals surface area contributed by atoms with Gasteiger partial charge >= 0.3 is 0 Å². The number of amides is 1. The van der Waals surface area contributed by atoms with E-state index in [1.807, 2.05) is 47.4 Å². The molecule has 1 atom stereocenters. The third-order valence-corrected chi connectivity index (χ3v) is 5.46. The molecule has 1 heterocycles.